The van der Waals surface area contributed by atoms with Crippen LogP contribution in [0.25, 0.3) is 0 Å². The number of halogens is 1. The van der Waals surface area contributed by atoms with E-state index in [1.807, 2.05) is 30.3 Å². The molecule has 0 bridgehead atoms. The molecule has 1 aromatic carbocycles. The van der Waals surface area contributed by atoms with Crippen molar-refractivity contribution in [2.24, 2.45) is 0 Å². The molecule has 1 aromatic rings. The molecule has 0 fully saturated rings. The molecule has 0 nitrogen and oxygen atoms in total. The van der Waals surface area contributed by atoms with Gasteiger partial charge in [-0.25, -0.2) is 0 Å². The van der Waals surface area contributed by atoms with Gasteiger partial charge >= 0.3 is 0 Å². The van der Waals surface area contributed by atoms with E-state index in [2.05, 4.69) is 6.07 Å². The predicted octanol–water partition coefficient (Wildman–Crippen LogP) is -1.51. The maximum absolute atomic E-state index is 2.89. The Kier molecular flexibility index (Phi) is 9.95. The summed E-state index contributed by atoms with van der Waals surface area (Å²) in [6, 6.07) is 12.5. The molecule has 0 aliphatic heterocycles. The molecule has 0 spiro atoms. The molecule has 0 aliphatic carbocycles. The molecule has 0 N–H and O–H groups in total. The summed E-state index contributed by atoms with van der Waals surface area (Å²) in [4.78, 5) is 0. The maximum Gasteiger partial charge on any atom is 0 e. The molecule has 0 aliphatic rings. The van der Waals surface area contributed by atoms with Gasteiger partial charge in [-0.15, -0.1) is 0 Å². The minimum atomic E-state index is 0. The molecule has 0 atom stereocenters. The number of hydrogen-bond acceptors (Lipinski definition) is 0. The molecule has 0 saturated carbocycles. The van der Waals surface area contributed by atoms with E-state index < -0.39 is 0 Å². The van der Waals surface area contributed by atoms with Gasteiger partial charge in [0.15, 0.2) is 0 Å². The number of hydrogen-bond donors (Lipinski definition) is 0. The molecular weight excluding hydrogens is 303 g/mol. The standard InChI is InChI=1S/C6H5.ClH.Pt/c1-2-4-6-5-3-1;;/h1-5H;1H;/p-1. The van der Waals surface area contributed by atoms with E-state index in [9.17, 15) is 0 Å². The van der Waals surface area contributed by atoms with Crippen LogP contribution in [0.15, 0.2) is 30.3 Å². The summed E-state index contributed by atoms with van der Waals surface area (Å²) >= 11 is 0. The summed E-state index contributed by atoms with van der Waals surface area (Å²) in [5.41, 5.74) is 0. The minimum absolute atomic E-state index is 0. The van der Waals surface area contributed by atoms with Crippen LogP contribution in [0.1, 0.15) is 0 Å². The van der Waals surface area contributed by atoms with Gasteiger partial charge in [-0.05, 0) is 6.07 Å². The van der Waals surface area contributed by atoms with Gasteiger partial charge in [0.1, 0.15) is 0 Å². The topological polar surface area (TPSA) is 0 Å². The first-order chi connectivity index (χ1) is 3.00. The molecule has 0 heterocycles. The number of rotatable bonds is 0. The molecule has 2 heteroatoms. The summed E-state index contributed by atoms with van der Waals surface area (Å²) in [5.74, 6) is 0. The Morgan fingerprint density at radius 2 is 1.38 bits per heavy atom. The van der Waals surface area contributed by atoms with Crippen molar-refractivity contribution in [3.63, 3.8) is 0 Å². The Bertz CT molecular complexity index is 80.5. The van der Waals surface area contributed by atoms with Gasteiger partial charge in [-0.1, -0.05) is 30.3 Å². The van der Waals surface area contributed by atoms with Gasteiger partial charge in [-0.3, -0.25) is 0 Å². The van der Waals surface area contributed by atoms with Crippen molar-refractivity contribution in [1.29, 1.82) is 0 Å². The van der Waals surface area contributed by atoms with Gasteiger partial charge in [0, 0.05) is 21.1 Å². The third-order valence-electron chi connectivity index (χ3n) is 0.607. The van der Waals surface area contributed by atoms with E-state index in [-0.39, 0.29) is 33.5 Å². The van der Waals surface area contributed by atoms with Crippen molar-refractivity contribution in [1.82, 2.24) is 0 Å². The first kappa shape index (κ1) is 11.1. The zero-order chi connectivity index (χ0) is 4.24. The zero-order valence-corrected chi connectivity index (χ0v) is 7.11. The minimum Gasteiger partial charge on any atom is -1.00 e. The second-order valence-electron chi connectivity index (χ2n) is 1.08. The SMILES string of the molecule is [Cl-].[Pt].[c]1ccccc1. The van der Waals surface area contributed by atoms with E-state index in [0.29, 0.717) is 0 Å². The van der Waals surface area contributed by atoms with Crippen molar-refractivity contribution in [3.8, 4) is 0 Å². The average Bonchev–Trinajstić information content (AvgIpc) is 1.72. The van der Waals surface area contributed by atoms with Gasteiger partial charge in [0.05, 0.1) is 0 Å². The van der Waals surface area contributed by atoms with Crippen LogP contribution in [0.4, 0.5) is 0 Å². The molecule has 47 valence electrons. The first-order valence-corrected chi connectivity index (χ1v) is 1.91. The van der Waals surface area contributed by atoms with Crippen LogP contribution in [-0.4, -0.2) is 0 Å². The second-order valence-corrected chi connectivity index (χ2v) is 1.08. The van der Waals surface area contributed by atoms with E-state index in [4.69, 9.17) is 0 Å². The van der Waals surface area contributed by atoms with Gasteiger partial charge in [-0.2, -0.15) is 0 Å². The first-order valence-electron chi connectivity index (χ1n) is 1.91. The van der Waals surface area contributed by atoms with Crippen molar-refractivity contribution in [2.45, 2.75) is 0 Å². The molecule has 0 unspecified atom stereocenters. The van der Waals surface area contributed by atoms with Crippen LogP contribution in [-0.2, 0) is 21.1 Å². The summed E-state index contributed by atoms with van der Waals surface area (Å²) in [6.07, 6.45) is 0. The van der Waals surface area contributed by atoms with E-state index in [1.54, 1.807) is 0 Å². The van der Waals surface area contributed by atoms with Gasteiger partial charge < -0.3 is 12.4 Å². The summed E-state index contributed by atoms with van der Waals surface area (Å²) in [5, 5.41) is 0. The van der Waals surface area contributed by atoms with Crippen LogP contribution in [0.5, 0.6) is 0 Å². The Morgan fingerprint density at radius 1 is 0.875 bits per heavy atom. The molecule has 0 aromatic heterocycles. The Balaban J connectivity index is 0. The Morgan fingerprint density at radius 3 is 1.50 bits per heavy atom. The normalized spacial score (nSPS) is 6.00. The smallest absolute Gasteiger partial charge is 0 e. The van der Waals surface area contributed by atoms with E-state index in [0.717, 1.165) is 0 Å². The summed E-state index contributed by atoms with van der Waals surface area (Å²) in [6.45, 7) is 0. The molecule has 0 saturated heterocycles. The third kappa shape index (κ3) is 4.36. The van der Waals surface area contributed by atoms with Crippen molar-refractivity contribution < 1.29 is 33.5 Å². The van der Waals surface area contributed by atoms with Gasteiger partial charge in [0.25, 0.3) is 0 Å². The summed E-state index contributed by atoms with van der Waals surface area (Å²) in [7, 11) is 0. The van der Waals surface area contributed by atoms with Crippen molar-refractivity contribution in [2.75, 3.05) is 0 Å². The van der Waals surface area contributed by atoms with E-state index >= 15 is 0 Å². The average molecular weight is 308 g/mol. The monoisotopic (exact) mass is 307 g/mol. The zero-order valence-electron chi connectivity index (χ0n) is 4.08. The fraction of sp³-hybridized carbons (Fsp3) is 0. The van der Waals surface area contributed by atoms with Crippen LogP contribution in [0.3, 0.4) is 0 Å². The van der Waals surface area contributed by atoms with Crippen LogP contribution in [0, 0.1) is 6.07 Å². The van der Waals surface area contributed by atoms with E-state index in [1.165, 1.54) is 0 Å². The quantitative estimate of drug-likeness (QED) is 0.547. The molecule has 1 radical (unpaired) electrons. The van der Waals surface area contributed by atoms with Crippen LogP contribution in [0.2, 0.25) is 0 Å². The van der Waals surface area contributed by atoms with Crippen LogP contribution >= 0.6 is 0 Å². The fourth-order valence-corrected chi connectivity index (χ4v) is 0.342. The number of benzene rings is 1. The fourth-order valence-electron chi connectivity index (χ4n) is 0.342. The molecule has 8 heavy (non-hydrogen) atoms. The van der Waals surface area contributed by atoms with Crippen LogP contribution < -0.4 is 12.4 Å². The maximum atomic E-state index is 2.89. The second kappa shape index (κ2) is 7.20. The predicted molar refractivity (Wildman–Crippen MR) is 25.3 cm³/mol. The largest absolute Gasteiger partial charge is 1.00 e. The molecular formula is C6H5ClPt-. The molecule has 0 amide bonds. The molecule has 1 rings (SSSR count). The summed E-state index contributed by atoms with van der Waals surface area (Å²) < 4.78 is 0. The third-order valence-corrected chi connectivity index (χ3v) is 0.607. The van der Waals surface area contributed by atoms with Gasteiger partial charge in [0.2, 0.25) is 0 Å². The Hall–Kier alpha value is 0.198. The van der Waals surface area contributed by atoms with Crippen molar-refractivity contribution >= 4 is 0 Å². The van der Waals surface area contributed by atoms with Crippen molar-refractivity contribution in [3.05, 3.63) is 36.4 Å². The Labute approximate surface area is 70.0 Å².